The molecule has 18 heavy (non-hydrogen) atoms. The summed E-state index contributed by atoms with van der Waals surface area (Å²) in [5.41, 5.74) is 0. The maximum Gasteiger partial charge on any atom is 3.00 e. The number of ether oxygens (including phenoxy) is 1. The zero-order chi connectivity index (χ0) is 10.3. The molecule has 0 bridgehead atoms. The minimum Gasteiger partial charge on any atom is -0.505 e. The second-order valence-corrected chi connectivity index (χ2v) is 3.66. The Hall–Kier alpha value is -1.01. The van der Waals surface area contributed by atoms with Gasteiger partial charge in [0.1, 0.15) is 0 Å². The van der Waals surface area contributed by atoms with Crippen LogP contribution >= 0.6 is 0 Å². The molecule has 0 saturated carbocycles. The Morgan fingerprint density at radius 3 is 2.28 bits per heavy atom. The van der Waals surface area contributed by atoms with Crippen LogP contribution in [0.3, 0.4) is 0 Å². The standard InChI is InChI=1S/C14H11O.2CH3.Zr/c1-15-13-8-4-6-11-9-10-5-2-3-7-12(10)14(11)13;;;/h2-9H,1H3;2*1H3;/q3*-1;+3. The van der Waals surface area contributed by atoms with Crippen molar-refractivity contribution in [2.75, 3.05) is 7.11 Å². The fraction of sp³-hybridized carbons (Fsp3) is 0.0625. The summed E-state index contributed by atoms with van der Waals surface area (Å²) in [4.78, 5) is 0. The molecule has 0 fully saturated rings. The molecule has 3 aromatic carbocycles. The molecule has 0 aliphatic carbocycles. The third kappa shape index (κ3) is 2.54. The van der Waals surface area contributed by atoms with Gasteiger partial charge in [0.25, 0.3) is 0 Å². The van der Waals surface area contributed by atoms with Gasteiger partial charge < -0.3 is 19.6 Å². The molecule has 0 saturated heterocycles. The van der Waals surface area contributed by atoms with Gasteiger partial charge in [-0.05, 0) is 6.07 Å². The van der Waals surface area contributed by atoms with Gasteiger partial charge in [0.05, 0.1) is 12.9 Å². The van der Waals surface area contributed by atoms with Gasteiger partial charge in [-0.2, -0.15) is 0 Å². The molecule has 2 heteroatoms. The molecule has 0 atom stereocenters. The van der Waals surface area contributed by atoms with Crippen molar-refractivity contribution in [3.05, 3.63) is 63.4 Å². The minimum absolute atomic E-state index is 0. The Labute approximate surface area is 128 Å². The molecule has 0 heterocycles. The van der Waals surface area contributed by atoms with Crippen LogP contribution in [-0.2, 0) is 26.2 Å². The summed E-state index contributed by atoms with van der Waals surface area (Å²) in [6.45, 7) is 0. The topological polar surface area (TPSA) is 9.23 Å². The van der Waals surface area contributed by atoms with Crippen molar-refractivity contribution in [1.82, 2.24) is 0 Å². The molecule has 0 spiro atoms. The van der Waals surface area contributed by atoms with Crippen LogP contribution in [0.4, 0.5) is 0 Å². The molecule has 3 aromatic rings. The van der Waals surface area contributed by atoms with Gasteiger partial charge in [-0.25, -0.2) is 0 Å². The molecule has 0 aromatic heterocycles. The number of fused-ring (bicyclic) bond motifs is 3. The first-order valence-corrected chi connectivity index (χ1v) is 5.01. The third-order valence-corrected chi connectivity index (χ3v) is 2.82. The fourth-order valence-electron chi connectivity index (χ4n) is 2.14. The number of benzene rings is 2. The van der Waals surface area contributed by atoms with Gasteiger partial charge in [0.15, 0.2) is 0 Å². The summed E-state index contributed by atoms with van der Waals surface area (Å²) in [7, 11) is 1.72. The van der Waals surface area contributed by atoms with Crippen molar-refractivity contribution in [3.8, 4) is 5.75 Å². The minimum atomic E-state index is 0. The Bertz CT molecular complexity index is 625. The molecule has 0 unspecified atom stereocenters. The maximum atomic E-state index is 5.39. The normalized spacial score (nSPS) is 9.17. The second kappa shape index (κ2) is 6.80. The summed E-state index contributed by atoms with van der Waals surface area (Å²) in [5, 5.41) is 5.01. The van der Waals surface area contributed by atoms with Gasteiger partial charge in [-0.3, -0.25) is 0 Å². The first kappa shape index (κ1) is 17.0. The van der Waals surface area contributed by atoms with E-state index in [0.29, 0.717) is 0 Å². The molecule has 0 N–H and O–H groups in total. The smallest absolute Gasteiger partial charge is 0.505 e. The van der Waals surface area contributed by atoms with Crippen LogP contribution in [0.15, 0.2) is 48.5 Å². The van der Waals surface area contributed by atoms with E-state index in [1.165, 1.54) is 21.5 Å². The van der Waals surface area contributed by atoms with Crippen LogP contribution in [0.2, 0.25) is 0 Å². The number of hydrogen-bond donors (Lipinski definition) is 0. The van der Waals surface area contributed by atoms with Crippen LogP contribution in [0, 0.1) is 14.9 Å². The Morgan fingerprint density at radius 2 is 1.56 bits per heavy atom. The molecule has 0 aliphatic heterocycles. The van der Waals surface area contributed by atoms with E-state index in [-0.39, 0.29) is 41.1 Å². The Kier molecular flexibility index (Phi) is 6.42. The van der Waals surface area contributed by atoms with Crippen molar-refractivity contribution in [2.45, 2.75) is 0 Å². The van der Waals surface area contributed by atoms with Gasteiger partial charge >= 0.3 is 26.2 Å². The van der Waals surface area contributed by atoms with Gasteiger partial charge in [0.2, 0.25) is 0 Å². The summed E-state index contributed by atoms with van der Waals surface area (Å²) in [6, 6.07) is 16.8. The van der Waals surface area contributed by atoms with Crippen molar-refractivity contribution >= 4 is 21.5 Å². The molecule has 3 rings (SSSR count). The fourth-order valence-corrected chi connectivity index (χ4v) is 2.14. The summed E-state index contributed by atoms with van der Waals surface area (Å²) in [5.74, 6) is 0.952. The zero-order valence-electron chi connectivity index (χ0n) is 11.0. The predicted molar refractivity (Wildman–Crippen MR) is 76.4 cm³/mol. The summed E-state index contributed by atoms with van der Waals surface area (Å²) < 4.78 is 5.39. The maximum absolute atomic E-state index is 5.39. The van der Waals surface area contributed by atoms with Gasteiger partial charge in [0, 0.05) is 0 Å². The molecular formula is C16H17OZr. The van der Waals surface area contributed by atoms with E-state index >= 15 is 0 Å². The molecule has 0 aliphatic rings. The van der Waals surface area contributed by atoms with E-state index in [2.05, 4.69) is 36.4 Å². The molecule has 1 radical (unpaired) electrons. The Balaban J connectivity index is 0.000000963. The average molecular weight is 317 g/mol. The first-order chi connectivity index (χ1) is 7.40. The average Bonchev–Trinajstić information content (AvgIpc) is 2.67. The van der Waals surface area contributed by atoms with Gasteiger partial charge in [-0.15, -0.1) is 34.4 Å². The molecule has 1 nitrogen and oxygen atoms in total. The van der Waals surface area contributed by atoms with Crippen molar-refractivity contribution in [3.63, 3.8) is 0 Å². The monoisotopic (exact) mass is 315 g/mol. The van der Waals surface area contributed by atoms with Crippen LogP contribution in [0.5, 0.6) is 5.75 Å². The van der Waals surface area contributed by atoms with E-state index in [1.54, 1.807) is 7.11 Å². The second-order valence-electron chi connectivity index (χ2n) is 3.66. The Morgan fingerprint density at radius 1 is 0.889 bits per heavy atom. The van der Waals surface area contributed by atoms with Crippen LogP contribution in [0.1, 0.15) is 0 Å². The van der Waals surface area contributed by atoms with E-state index in [0.717, 1.165) is 5.75 Å². The summed E-state index contributed by atoms with van der Waals surface area (Å²) >= 11 is 0. The van der Waals surface area contributed by atoms with Crippen LogP contribution in [-0.4, -0.2) is 7.11 Å². The van der Waals surface area contributed by atoms with Crippen LogP contribution < -0.4 is 4.74 Å². The van der Waals surface area contributed by atoms with Crippen molar-refractivity contribution < 1.29 is 30.9 Å². The largest absolute Gasteiger partial charge is 3.00 e. The van der Waals surface area contributed by atoms with E-state index in [9.17, 15) is 0 Å². The van der Waals surface area contributed by atoms with Crippen molar-refractivity contribution in [2.24, 2.45) is 0 Å². The van der Waals surface area contributed by atoms with Gasteiger partial charge in [-0.1, -0.05) is 29.7 Å². The molecule has 0 amide bonds. The number of methoxy groups -OCH3 is 1. The predicted octanol–water partition coefficient (Wildman–Crippen LogP) is 4.62. The molecular weight excluding hydrogens is 299 g/mol. The molecule has 91 valence electrons. The SMILES string of the molecule is COc1cccc2[cH-]c3ccccc3c12.[CH3-].[CH3-].[Zr+3]. The van der Waals surface area contributed by atoms with Crippen molar-refractivity contribution in [1.29, 1.82) is 0 Å². The first-order valence-electron chi connectivity index (χ1n) is 5.01. The zero-order valence-corrected chi connectivity index (χ0v) is 13.5. The number of rotatable bonds is 1. The third-order valence-electron chi connectivity index (χ3n) is 2.82. The quantitative estimate of drug-likeness (QED) is 0.595. The van der Waals surface area contributed by atoms with Crippen LogP contribution in [0.25, 0.3) is 21.5 Å². The van der Waals surface area contributed by atoms with E-state index < -0.39 is 0 Å². The van der Waals surface area contributed by atoms with E-state index in [1.807, 2.05) is 12.1 Å². The number of hydrogen-bond acceptors (Lipinski definition) is 1. The van der Waals surface area contributed by atoms with E-state index in [4.69, 9.17) is 4.74 Å². The summed E-state index contributed by atoms with van der Waals surface area (Å²) in [6.07, 6.45) is 0.